The molecule has 0 aliphatic carbocycles. The average molecular weight is 354 g/mol. The molecule has 1 fully saturated rings. The van der Waals surface area contributed by atoms with Crippen LogP contribution in [0.2, 0.25) is 0 Å². The van der Waals surface area contributed by atoms with Gasteiger partial charge in [-0.3, -0.25) is 9.45 Å². The molecule has 1 aromatic carbocycles. The number of fused-ring (bicyclic) bond motifs is 1. The van der Waals surface area contributed by atoms with Crippen molar-refractivity contribution in [3.8, 4) is 5.75 Å². The molecule has 7 heteroatoms. The number of nitrogens with zero attached hydrogens (tertiary/aromatic N) is 1. The molecule has 0 saturated carbocycles. The molecule has 6 nitrogen and oxygen atoms in total. The number of likely N-dealkylation sites (tertiary alicyclic amines) is 1. The molecule has 0 amide bonds. The van der Waals surface area contributed by atoms with E-state index in [-0.39, 0.29) is 18.2 Å². The molecule has 2 aliphatic heterocycles. The zero-order valence-corrected chi connectivity index (χ0v) is 15.1. The SMILES string of the molecule is CC1(C)c2cc(CCNS(=O)(=O)O)ccc2OC1N1CCCCC1. The lowest BCUT2D eigenvalue weighted by molar-refractivity contribution is -0.0131. The van der Waals surface area contributed by atoms with E-state index in [9.17, 15) is 8.42 Å². The Kier molecular flexibility index (Phi) is 4.88. The van der Waals surface area contributed by atoms with E-state index < -0.39 is 10.3 Å². The van der Waals surface area contributed by atoms with Crippen molar-refractivity contribution in [1.82, 2.24) is 9.62 Å². The predicted molar refractivity (Wildman–Crippen MR) is 92.6 cm³/mol. The Balaban J connectivity index is 1.74. The van der Waals surface area contributed by atoms with Crippen molar-refractivity contribution in [1.29, 1.82) is 0 Å². The van der Waals surface area contributed by atoms with Gasteiger partial charge >= 0.3 is 10.3 Å². The molecule has 1 aromatic rings. The van der Waals surface area contributed by atoms with Gasteiger partial charge in [-0.2, -0.15) is 13.1 Å². The van der Waals surface area contributed by atoms with Gasteiger partial charge in [-0.1, -0.05) is 32.4 Å². The van der Waals surface area contributed by atoms with E-state index in [1.807, 2.05) is 12.1 Å². The summed E-state index contributed by atoms with van der Waals surface area (Å²) >= 11 is 0. The van der Waals surface area contributed by atoms with Crippen LogP contribution in [0.1, 0.15) is 44.2 Å². The summed E-state index contributed by atoms with van der Waals surface area (Å²) in [5.41, 5.74) is 2.09. The van der Waals surface area contributed by atoms with Crippen LogP contribution in [0.15, 0.2) is 18.2 Å². The summed E-state index contributed by atoms with van der Waals surface area (Å²) in [4.78, 5) is 2.43. The smallest absolute Gasteiger partial charge is 0.333 e. The Labute approximate surface area is 144 Å². The Bertz CT molecular complexity index is 697. The van der Waals surface area contributed by atoms with Gasteiger partial charge in [0.15, 0.2) is 6.23 Å². The molecule has 24 heavy (non-hydrogen) atoms. The zero-order valence-electron chi connectivity index (χ0n) is 14.3. The average Bonchev–Trinajstić information content (AvgIpc) is 2.78. The first-order chi connectivity index (χ1) is 11.3. The summed E-state index contributed by atoms with van der Waals surface area (Å²) in [5.74, 6) is 0.919. The van der Waals surface area contributed by atoms with E-state index in [0.29, 0.717) is 6.42 Å². The highest BCUT2D eigenvalue weighted by Gasteiger charge is 2.45. The molecule has 2 aliphatic rings. The van der Waals surface area contributed by atoms with Crippen LogP contribution in [-0.4, -0.2) is 43.7 Å². The molecule has 0 spiro atoms. The third kappa shape index (κ3) is 3.74. The molecule has 3 rings (SSSR count). The van der Waals surface area contributed by atoms with E-state index >= 15 is 0 Å². The van der Waals surface area contributed by atoms with Crippen molar-refractivity contribution in [3.05, 3.63) is 29.3 Å². The lowest BCUT2D eigenvalue weighted by Gasteiger charge is -2.38. The Hall–Kier alpha value is -1.15. The van der Waals surface area contributed by atoms with Crippen molar-refractivity contribution in [2.24, 2.45) is 0 Å². The number of nitrogens with one attached hydrogen (secondary N) is 1. The highest BCUT2D eigenvalue weighted by molar-refractivity contribution is 7.83. The number of benzene rings is 1. The molecule has 1 unspecified atom stereocenters. The summed E-state index contributed by atoms with van der Waals surface area (Å²) < 4.78 is 38.6. The first-order valence-electron chi connectivity index (χ1n) is 8.53. The fourth-order valence-electron chi connectivity index (χ4n) is 3.75. The van der Waals surface area contributed by atoms with Crippen LogP contribution in [0.5, 0.6) is 5.75 Å². The minimum absolute atomic E-state index is 0.0546. The van der Waals surface area contributed by atoms with Crippen LogP contribution >= 0.6 is 0 Å². The largest absolute Gasteiger partial charge is 0.474 e. The number of rotatable bonds is 5. The monoisotopic (exact) mass is 354 g/mol. The number of piperidine rings is 1. The van der Waals surface area contributed by atoms with E-state index in [2.05, 4.69) is 29.5 Å². The molecule has 1 saturated heterocycles. The summed E-state index contributed by atoms with van der Waals surface area (Å²) in [5, 5.41) is 0. The van der Waals surface area contributed by atoms with E-state index in [0.717, 1.165) is 24.4 Å². The fourth-order valence-corrected chi connectivity index (χ4v) is 4.11. The van der Waals surface area contributed by atoms with Crippen molar-refractivity contribution in [3.63, 3.8) is 0 Å². The molecule has 1 atom stereocenters. The maximum Gasteiger partial charge on any atom is 0.333 e. The predicted octanol–water partition coefficient (Wildman–Crippen LogP) is 2.10. The third-order valence-electron chi connectivity index (χ3n) is 5.01. The van der Waals surface area contributed by atoms with Crippen LogP contribution in [-0.2, 0) is 22.1 Å². The standard InChI is InChI=1S/C17H26N2O4S/c1-17(2)14-12-13(8-9-18-24(20,21)22)6-7-15(14)23-16(17)19-10-4-3-5-11-19/h6-7,12,16,18H,3-5,8-11H2,1-2H3,(H,20,21,22). The second kappa shape index (κ2) is 6.63. The second-order valence-electron chi connectivity index (χ2n) is 7.24. The quantitative estimate of drug-likeness (QED) is 0.792. The van der Waals surface area contributed by atoms with Gasteiger partial charge in [0.05, 0.1) is 0 Å². The van der Waals surface area contributed by atoms with Crippen LogP contribution < -0.4 is 9.46 Å². The summed E-state index contributed by atoms with van der Waals surface area (Å²) in [6.45, 7) is 6.74. The molecular formula is C17H26N2O4S. The van der Waals surface area contributed by atoms with E-state index in [4.69, 9.17) is 9.29 Å². The van der Waals surface area contributed by atoms with Crippen molar-refractivity contribution in [2.45, 2.75) is 51.2 Å². The highest BCUT2D eigenvalue weighted by atomic mass is 32.2. The molecule has 134 valence electrons. The molecule has 0 radical (unpaired) electrons. The Morgan fingerprint density at radius 3 is 2.67 bits per heavy atom. The lowest BCUT2D eigenvalue weighted by Crippen LogP contribution is -2.49. The number of ether oxygens (including phenoxy) is 1. The summed E-state index contributed by atoms with van der Waals surface area (Å²) in [6.07, 6.45) is 4.32. The van der Waals surface area contributed by atoms with Crippen molar-refractivity contribution in [2.75, 3.05) is 19.6 Å². The molecule has 2 N–H and O–H groups in total. The summed E-state index contributed by atoms with van der Waals surface area (Å²) in [6, 6.07) is 6.04. The molecule has 0 bridgehead atoms. The Morgan fingerprint density at radius 1 is 1.29 bits per heavy atom. The van der Waals surface area contributed by atoms with Gasteiger partial charge in [-0.15, -0.1) is 0 Å². The van der Waals surface area contributed by atoms with Gasteiger partial charge in [0, 0.05) is 30.6 Å². The van der Waals surface area contributed by atoms with Gasteiger partial charge < -0.3 is 4.74 Å². The van der Waals surface area contributed by atoms with E-state index in [1.165, 1.54) is 24.8 Å². The maximum atomic E-state index is 10.7. The molecule has 0 aromatic heterocycles. The number of hydrogen-bond acceptors (Lipinski definition) is 4. The molecule has 2 heterocycles. The van der Waals surface area contributed by atoms with Gasteiger partial charge in [-0.25, -0.2) is 0 Å². The van der Waals surface area contributed by atoms with Crippen LogP contribution in [0, 0.1) is 0 Å². The van der Waals surface area contributed by atoms with Crippen molar-refractivity contribution >= 4 is 10.3 Å². The third-order valence-corrected chi connectivity index (χ3v) is 5.58. The van der Waals surface area contributed by atoms with Crippen molar-refractivity contribution < 1.29 is 17.7 Å². The van der Waals surface area contributed by atoms with E-state index in [1.54, 1.807) is 0 Å². The summed E-state index contributed by atoms with van der Waals surface area (Å²) in [7, 11) is -4.13. The van der Waals surface area contributed by atoms with Crippen LogP contribution in [0.25, 0.3) is 0 Å². The maximum absolute atomic E-state index is 10.7. The van der Waals surface area contributed by atoms with Gasteiger partial charge in [0.1, 0.15) is 5.75 Å². The van der Waals surface area contributed by atoms with Gasteiger partial charge in [0.2, 0.25) is 0 Å². The minimum Gasteiger partial charge on any atom is -0.474 e. The van der Waals surface area contributed by atoms with Crippen LogP contribution in [0.4, 0.5) is 0 Å². The first-order valence-corrected chi connectivity index (χ1v) is 9.97. The topological polar surface area (TPSA) is 78.9 Å². The normalized spacial score (nSPS) is 23.7. The first kappa shape index (κ1) is 17.7. The number of hydrogen-bond donors (Lipinski definition) is 2. The lowest BCUT2D eigenvalue weighted by atomic mass is 9.82. The molecular weight excluding hydrogens is 328 g/mol. The highest BCUT2D eigenvalue weighted by Crippen LogP contribution is 2.44. The minimum atomic E-state index is -4.13. The van der Waals surface area contributed by atoms with Gasteiger partial charge in [0.25, 0.3) is 0 Å². The fraction of sp³-hybridized carbons (Fsp3) is 0.647. The Morgan fingerprint density at radius 2 is 2.00 bits per heavy atom. The van der Waals surface area contributed by atoms with Gasteiger partial charge in [-0.05, 0) is 30.9 Å². The zero-order chi connectivity index (χ0) is 17.4. The second-order valence-corrected chi connectivity index (χ2v) is 8.48. The van der Waals surface area contributed by atoms with Crippen LogP contribution in [0.3, 0.4) is 0 Å².